The number of thioether (sulfide) groups is 1. The lowest BCUT2D eigenvalue weighted by atomic mass is 10.0. The van der Waals surface area contributed by atoms with E-state index in [-0.39, 0.29) is 0 Å². The lowest BCUT2D eigenvalue weighted by Crippen LogP contribution is -1.89. The number of unbranched alkanes of at least 4 members (excludes halogenated alkanes) is 15. The van der Waals surface area contributed by atoms with Crippen LogP contribution in [0.2, 0.25) is 0 Å². The van der Waals surface area contributed by atoms with Crippen molar-refractivity contribution in [3.05, 3.63) is 36.2 Å². The van der Waals surface area contributed by atoms with E-state index >= 15 is 0 Å². The molecular formula is C30H50N2S. The number of hydrogen-bond acceptors (Lipinski definition) is 2. The number of nitrogens with zero attached hydrogens (tertiary/aromatic N) is 1. The van der Waals surface area contributed by atoms with E-state index in [2.05, 4.69) is 56.1 Å². The van der Waals surface area contributed by atoms with Gasteiger partial charge in [-0.3, -0.25) is 0 Å². The fraction of sp³-hybridized carbons (Fsp3) is 0.700. The van der Waals surface area contributed by atoms with Gasteiger partial charge in [0.05, 0.1) is 5.69 Å². The molecule has 2 rings (SSSR count). The zero-order valence-corrected chi connectivity index (χ0v) is 22.7. The van der Waals surface area contributed by atoms with Crippen LogP contribution in [0.4, 0.5) is 0 Å². The second kappa shape index (κ2) is 18.2. The van der Waals surface area contributed by atoms with Crippen molar-refractivity contribution in [2.75, 3.05) is 5.75 Å². The summed E-state index contributed by atoms with van der Waals surface area (Å²) < 4.78 is 0. The van der Waals surface area contributed by atoms with E-state index in [4.69, 9.17) is 4.98 Å². The van der Waals surface area contributed by atoms with E-state index in [0.717, 1.165) is 5.82 Å². The minimum absolute atomic E-state index is 0.428. The second-order valence-electron chi connectivity index (χ2n) is 9.97. The molecule has 1 aromatic heterocycles. The Hall–Kier alpha value is -1.22. The maximum atomic E-state index is 4.90. The van der Waals surface area contributed by atoms with Gasteiger partial charge in [0, 0.05) is 11.5 Å². The Bertz CT molecular complexity index is 707. The number of hydrogen-bond donors (Lipinski definition) is 1. The van der Waals surface area contributed by atoms with Crippen LogP contribution in [0.3, 0.4) is 0 Å². The number of benzene rings is 1. The van der Waals surface area contributed by atoms with Crippen LogP contribution in [-0.2, 0) is 0 Å². The molecule has 0 aliphatic rings. The smallest absolute Gasteiger partial charge is 0.122 e. The monoisotopic (exact) mass is 470 g/mol. The summed E-state index contributed by atoms with van der Waals surface area (Å²) in [5, 5.41) is 1.17. The molecule has 33 heavy (non-hydrogen) atoms. The lowest BCUT2D eigenvalue weighted by Gasteiger charge is -2.04. The van der Waals surface area contributed by atoms with Gasteiger partial charge in [-0.15, -0.1) is 11.8 Å². The Balaban J connectivity index is 1.47. The predicted octanol–water partition coefficient (Wildman–Crippen LogP) is 10.6. The normalized spacial score (nSPS) is 11.5. The van der Waals surface area contributed by atoms with Gasteiger partial charge in [-0.05, 0) is 12.2 Å². The molecule has 0 aliphatic heterocycles. The maximum Gasteiger partial charge on any atom is 0.122 e. The van der Waals surface area contributed by atoms with E-state index in [0.29, 0.717) is 5.92 Å². The highest BCUT2D eigenvalue weighted by molar-refractivity contribution is 7.99. The minimum Gasteiger partial charge on any atom is -0.341 e. The van der Waals surface area contributed by atoms with Gasteiger partial charge in [-0.1, -0.05) is 147 Å². The molecule has 1 N–H and O–H groups in total. The van der Waals surface area contributed by atoms with Gasteiger partial charge >= 0.3 is 0 Å². The zero-order chi connectivity index (χ0) is 23.6. The molecular weight excluding hydrogens is 420 g/mol. The third kappa shape index (κ3) is 12.2. The molecule has 0 fully saturated rings. The Morgan fingerprint density at radius 1 is 0.697 bits per heavy atom. The van der Waals surface area contributed by atoms with Crippen LogP contribution in [0.5, 0.6) is 0 Å². The molecule has 0 saturated heterocycles. The minimum atomic E-state index is 0.428. The van der Waals surface area contributed by atoms with Crippen molar-refractivity contribution in [1.82, 2.24) is 9.97 Å². The highest BCUT2D eigenvalue weighted by atomic mass is 32.2. The molecule has 2 nitrogen and oxygen atoms in total. The van der Waals surface area contributed by atoms with Gasteiger partial charge in [-0.25, -0.2) is 4.98 Å². The van der Waals surface area contributed by atoms with Crippen LogP contribution in [0.25, 0.3) is 11.3 Å². The quantitative estimate of drug-likeness (QED) is 0.154. The first-order valence-corrected chi connectivity index (χ1v) is 15.0. The van der Waals surface area contributed by atoms with Crippen molar-refractivity contribution in [3.63, 3.8) is 0 Å². The molecule has 0 bridgehead atoms. The molecule has 0 aliphatic carbocycles. The highest BCUT2D eigenvalue weighted by Gasteiger charge is 2.14. The molecule has 3 heteroatoms. The maximum absolute atomic E-state index is 4.90. The summed E-state index contributed by atoms with van der Waals surface area (Å²) in [6, 6.07) is 10.6. The topological polar surface area (TPSA) is 28.7 Å². The van der Waals surface area contributed by atoms with Crippen molar-refractivity contribution < 1.29 is 0 Å². The summed E-state index contributed by atoms with van der Waals surface area (Å²) in [7, 11) is 0. The number of imidazole rings is 1. The second-order valence-corrected chi connectivity index (χ2v) is 11.1. The Morgan fingerprint density at radius 3 is 1.67 bits per heavy atom. The van der Waals surface area contributed by atoms with Gasteiger partial charge < -0.3 is 4.98 Å². The Morgan fingerprint density at radius 2 is 1.18 bits per heavy atom. The SMILES string of the molecule is CCCCCCCCCCCCCCCCCCSc1nc(C(C)C)[nH]c1-c1ccccc1. The summed E-state index contributed by atoms with van der Waals surface area (Å²) in [6.45, 7) is 6.71. The lowest BCUT2D eigenvalue weighted by molar-refractivity contribution is 0.531. The van der Waals surface area contributed by atoms with Crippen molar-refractivity contribution in [1.29, 1.82) is 0 Å². The largest absolute Gasteiger partial charge is 0.341 e. The molecule has 186 valence electrons. The molecule has 0 saturated carbocycles. The molecule has 1 aromatic carbocycles. The number of aromatic amines is 1. The average molecular weight is 471 g/mol. The molecule has 0 amide bonds. The zero-order valence-electron chi connectivity index (χ0n) is 21.8. The molecule has 0 spiro atoms. The fourth-order valence-electron chi connectivity index (χ4n) is 4.37. The highest BCUT2D eigenvalue weighted by Crippen LogP contribution is 2.31. The summed E-state index contributed by atoms with van der Waals surface area (Å²) in [4.78, 5) is 8.48. The summed E-state index contributed by atoms with van der Waals surface area (Å²) in [5.74, 6) is 2.70. The molecule has 0 radical (unpaired) electrons. The molecule has 0 atom stereocenters. The summed E-state index contributed by atoms with van der Waals surface area (Å²) in [5.41, 5.74) is 2.44. The number of rotatable bonds is 20. The van der Waals surface area contributed by atoms with Crippen molar-refractivity contribution in [2.24, 2.45) is 0 Å². The van der Waals surface area contributed by atoms with Crippen LogP contribution >= 0.6 is 11.8 Å². The molecule has 0 unspecified atom stereocenters. The third-order valence-corrected chi connectivity index (χ3v) is 7.60. The van der Waals surface area contributed by atoms with E-state index in [1.165, 1.54) is 125 Å². The van der Waals surface area contributed by atoms with Crippen LogP contribution in [-0.4, -0.2) is 15.7 Å². The average Bonchev–Trinajstić information content (AvgIpc) is 3.26. The fourth-order valence-corrected chi connectivity index (χ4v) is 5.39. The summed E-state index contributed by atoms with van der Waals surface area (Å²) >= 11 is 1.92. The number of nitrogens with one attached hydrogen (secondary N) is 1. The first kappa shape index (κ1) is 28.0. The van der Waals surface area contributed by atoms with E-state index < -0.39 is 0 Å². The Kier molecular flexibility index (Phi) is 15.4. The van der Waals surface area contributed by atoms with Gasteiger partial charge in [0.25, 0.3) is 0 Å². The van der Waals surface area contributed by atoms with E-state index in [1.54, 1.807) is 0 Å². The summed E-state index contributed by atoms with van der Waals surface area (Å²) in [6.07, 6.45) is 22.8. The first-order valence-electron chi connectivity index (χ1n) is 14.0. The Labute approximate surface area is 209 Å². The van der Waals surface area contributed by atoms with Gasteiger partial charge in [0.15, 0.2) is 0 Å². The molecule has 1 heterocycles. The van der Waals surface area contributed by atoms with Crippen molar-refractivity contribution in [3.8, 4) is 11.3 Å². The van der Waals surface area contributed by atoms with Gasteiger partial charge in [0.1, 0.15) is 10.9 Å². The van der Waals surface area contributed by atoms with Crippen LogP contribution in [0.1, 0.15) is 135 Å². The van der Waals surface area contributed by atoms with Crippen LogP contribution in [0, 0.1) is 0 Å². The third-order valence-electron chi connectivity index (χ3n) is 6.53. The number of H-pyrrole nitrogens is 1. The predicted molar refractivity (Wildman–Crippen MR) is 148 cm³/mol. The van der Waals surface area contributed by atoms with Gasteiger partial charge in [-0.2, -0.15) is 0 Å². The molecule has 2 aromatic rings. The standard InChI is InChI=1S/C30H50N2S/c1-4-5-6-7-8-9-10-11-12-13-14-15-16-17-18-22-25-33-30-28(27-23-20-19-21-24-27)31-29(32-30)26(2)3/h19-21,23-24,26H,4-18,22,25H2,1-3H3,(H,31,32). The van der Waals surface area contributed by atoms with Crippen molar-refractivity contribution >= 4 is 11.8 Å². The van der Waals surface area contributed by atoms with E-state index in [1.807, 2.05) is 11.8 Å². The van der Waals surface area contributed by atoms with Crippen LogP contribution in [0.15, 0.2) is 35.4 Å². The first-order chi connectivity index (χ1) is 16.2. The van der Waals surface area contributed by atoms with E-state index in [9.17, 15) is 0 Å². The van der Waals surface area contributed by atoms with Crippen molar-refractivity contribution in [2.45, 2.75) is 134 Å². The van der Waals surface area contributed by atoms with Gasteiger partial charge in [0.2, 0.25) is 0 Å². The number of aromatic nitrogens is 2. The van der Waals surface area contributed by atoms with Crippen LogP contribution < -0.4 is 0 Å².